The van der Waals surface area contributed by atoms with Gasteiger partial charge in [-0.2, -0.15) is 4.68 Å². The summed E-state index contributed by atoms with van der Waals surface area (Å²) in [5.41, 5.74) is 0.573. The Labute approximate surface area is 187 Å². The summed E-state index contributed by atoms with van der Waals surface area (Å²) in [7, 11) is 1.93. The van der Waals surface area contributed by atoms with E-state index in [0.29, 0.717) is 25.3 Å². The normalized spacial score (nSPS) is 14.9. The number of nitrogens with one attached hydrogen (secondary N) is 2. The molecule has 0 unspecified atom stereocenters. The van der Waals surface area contributed by atoms with E-state index >= 15 is 0 Å². The minimum Gasteiger partial charge on any atom is -0.489 e. The van der Waals surface area contributed by atoms with Crippen LogP contribution in [0, 0.1) is 0 Å². The smallest absolute Gasteiger partial charge is 0.413 e. The number of amides is 1. The second-order valence-corrected chi connectivity index (χ2v) is 8.47. The average molecular weight is 449 g/mol. The van der Waals surface area contributed by atoms with Crippen LogP contribution in [0.25, 0.3) is 11.4 Å². The highest BCUT2D eigenvalue weighted by atomic mass is 19.1. The lowest BCUT2D eigenvalue weighted by molar-refractivity contribution is -0.715. The van der Waals surface area contributed by atoms with Crippen molar-refractivity contribution in [2.45, 2.75) is 26.4 Å². The first-order chi connectivity index (χ1) is 15.2. The van der Waals surface area contributed by atoms with Gasteiger partial charge in [0.1, 0.15) is 18.0 Å². The number of nitrogens with zero attached hydrogens (tertiary/aromatic N) is 3. The number of aromatic nitrogens is 3. The van der Waals surface area contributed by atoms with Gasteiger partial charge in [0.05, 0.1) is 39.7 Å². The van der Waals surface area contributed by atoms with Gasteiger partial charge in [0.2, 0.25) is 5.82 Å². The van der Waals surface area contributed by atoms with Crippen LogP contribution in [-0.2, 0) is 16.5 Å². The number of aryl methyl sites for hydroxylation is 1. The molecule has 2 heterocycles. The van der Waals surface area contributed by atoms with Gasteiger partial charge in [-0.15, -0.1) is 0 Å². The summed E-state index contributed by atoms with van der Waals surface area (Å²) in [5.74, 6) is 2.18. The van der Waals surface area contributed by atoms with Crippen LogP contribution in [0.4, 0.5) is 15.1 Å². The van der Waals surface area contributed by atoms with E-state index in [1.807, 2.05) is 23.9 Å². The predicted molar refractivity (Wildman–Crippen MR) is 117 cm³/mol. The second-order valence-electron chi connectivity index (χ2n) is 8.47. The number of ether oxygens (including phenoxy) is 3. The maximum Gasteiger partial charge on any atom is 0.413 e. The van der Waals surface area contributed by atoms with Crippen LogP contribution in [0.15, 0.2) is 36.2 Å². The lowest BCUT2D eigenvalue weighted by Crippen LogP contribution is -2.45. The van der Waals surface area contributed by atoms with Crippen molar-refractivity contribution in [3.63, 3.8) is 0 Å². The number of halogens is 1. The maximum absolute atomic E-state index is 13.2. The van der Waals surface area contributed by atoms with Crippen LogP contribution in [0.2, 0.25) is 0 Å². The molecule has 0 spiro atoms. The highest BCUT2D eigenvalue weighted by molar-refractivity contribution is 5.68. The van der Waals surface area contributed by atoms with Gasteiger partial charge < -0.3 is 19.5 Å². The average Bonchev–Trinajstić information content (AvgIpc) is 3.15. The highest BCUT2D eigenvalue weighted by Crippen LogP contribution is 2.21. The van der Waals surface area contributed by atoms with E-state index in [0.717, 1.165) is 30.4 Å². The Bertz CT molecular complexity index is 931. The van der Waals surface area contributed by atoms with Crippen LogP contribution in [0.5, 0.6) is 5.75 Å². The summed E-state index contributed by atoms with van der Waals surface area (Å²) in [6.45, 7) is 8.27. The Morgan fingerprint density at radius 3 is 2.62 bits per heavy atom. The lowest BCUT2D eigenvalue weighted by Gasteiger charge is -2.20. The van der Waals surface area contributed by atoms with Gasteiger partial charge in [-0.3, -0.25) is 4.90 Å². The van der Waals surface area contributed by atoms with Crippen molar-refractivity contribution in [3.05, 3.63) is 36.2 Å². The Morgan fingerprint density at radius 1 is 1.31 bits per heavy atom. The van der Waals surface area contributed by atoms with Crippen LogP contribution in [0.3, 0.4) is 0 Å². The molecule has 1 aromatic heterocycles. The number of alkyl carbamates (subject to hydrolysis) is 1. The minimum atomic E-state index is -0.615. The Hall–Kier alpha value is -3.14. The summed E-state index contributed by atoms with van der Waals surface area (Å²) in [4.78, 5) is 18.6. The van der Waals surface area contributed by atoms with Crippen molar-refractivity contribution in [1.29, 1.82) is 0 Å². The number of aromatic amines is 1. The Kier molecular flexibility index (Phi) is 7.68. The van der Waals surface area contributed by atoms with Gasteiger partial charge in [0, 0.05) is 17.7 Å². The summed E-state index contributed by atoms with van der Waals surface area (Å²) in [6.07, 6.45) is -0.175. The molecule has 9 nitrogen and oxygen atoms in total. The molecule has 0 saturated carbocycles. The standard InChI is InChI=1S/C22H30FN5O4/c1-22(2,3)32-21(29)24-14-16(13-23)15-31-18-7-5-17(6-8-18)19-25-20(27(4)26-19)28-9-11-30-12-10-28/h5-8,13H,9-12,14-15H2,1-4H3,(H,24,29)/p+1/b16-13+. The van der Waals surface area contributed by atoms with E-state index in [4.69, 9.17) is 19.2 Å². The molecule has 0 aliphatic carbocycles. The third kappa shape index (κ3) is 6.68. The van der Waals surface area contributed by atoms with E-state index in [2.05, 4.69) is 15.3 Å². The van der Waals surface area contributed by atoms with E-state index in [1.165, 1.54) is 0 Å². The fourth-order valence-electron chi connectivity index (χ4n) is 3.09. The molecule has 2 aromatic rings. The summed E-state index contributed by atoms with van der Waals surface area (Å²) in [5, 5.41) is 5.77. The number of carbonyl (C=O) groups excluding carboxylic acids is 1. The van der Waals surface area contributed by atoms with Crippen molar-refractivity contribution in [3.8, 4) is 17.1 Å². The van der Waals surface area contributed by atoms with Crippen molar-refractivity contribution in [2.75, 3.05) is 44.4 Å². The third-order valence-electron chi connectivity index (χ3n) is 4.64. The summed E-state index contributed by atoms with van der Waals surface area (Å²) >= 11 is 0. The molecule has 0 radical (unpaired) electrons. The van der Waals surface area contributed by atoms with Gasteiger partial charge in [-0.25, -0.2) is 14.3 Å². The fourth-order valence-corrected chi connectivity index (χ4v) is 3.09. The first kappa shape index (κ1) is 23.5. The quantitative estimate of drug-likeness (QED) is 0.633. The van der Waals surface area contributed by atoms with Crippen LogP contribution in [-0.4, -0.2) is 61.2 Å². The van der Waals surface area contributed by atoms with E-state index < -0.39 is 11.7 Å². The number of benzene rings is 1. The lowest BCUT2D eigenvalue weighted by atomic mass is 10.2. The zero-order chi connectivity index (χ0) is 23.1. The number of H-pyrrole nitrogens is 1. The first-order valence-electron chi connectivity index (χ1n) is 10.5. The molecule has 2 N–H and O–H groups in total. The zero-order valence-electron chi connectivity index (χ0n) is 19.0. The van der Waals surface area contributed by atoms with E-state index in [-0.39, 0.29) is 18.7 Å². The monoisotopic (exact) mass is 448 g/mol. The molecule has 174 valence electrons. The first-order valence-corrected chi connectivity index (χ1v) is 10.5. The zero-order valence-corrected chi connectivity index (χ0v) is 19.0. The Morgan fingerprint density at radius 2 is 2.00 bits per heavy atom. The number of anilines is 1. The molecular weight excluding hydrogens is 417 g/mol. The molecule has 1 saturated heterocycles. The number of carbonyl (C=O) groups is 1. The maximum atomic E-state index is 13.2. The molecule has 0 atom stereocenters. The largest absolute Gasteiger partial charge is 0.489 e. The Balaban J connectivity index is 1.54. The molecule has 3 rings (SSSR count). The van der Waals surface area contributed by atoms with Crippen LogP contribution >= 0.6 is 0 Å². The van der Waals surface area contributed by atoms with Crippen LogP contribution in [0.1, 0.15) is 20.8 Å². The summed E-state index contributed by atoms with van der Waals surface area (Å²) < 4.78 is 31.2. The number of hydrogen-bond acceptors (Lipinski definition) is 6. The van der Waals surface area contributed by atoms with Crippen molar-refractivity contribution < 1.29 is 28.1 Å². The molecule has 1 amide bonds. The molecule has 1 aliphatic rings. The van der Waals surface area contributed by atoms with Gasteiger partial charge in [0.25, 0.3) is 0 Å². The van der Waals surface area contributed by atoms with Crippen molar-refractivity contribution in [1.82, 2.24) is 15.4 Å². The highest BCUT2D eigenvalue weighted by Gasteiger charge is 2.26. The van der Waals surface area contributed by atoms with Gasteiger partial charge in [0.15, 0.2) is 0 Å². The molecule has 10 heteroatoms. The fraction of sp³-hybridized carbons (Fsp3) is 0.500. The topological polar surface area (TPSA) is 92.6 Å². The number of hydrogen-bond donors (Lipinski definition) is 2. The summed E-state index contributed by atoms with van der Waals surface area (Å²) in [6, 6.07) is 7.36. The van der Waals surface area contributed by atoms with Gasteiger partial charge in [-0.05, 0) is 50.0 Å². The van der Waals surface area contributed by atoms with E-state index in [9.17, 15) is 9.18 Å². The van der Waals surface area contributed by atoms with Gasteiger partial charge in [-0.1, -0.05) is 0 Å². The predicted octanol–water partition coefficient (Wildman–Crippen LogP) is 2.49. The third-order valence-corrected chi connectivity index (χ3v) is 4.64. The number of morpholine rings is 1. The molecular formula is C22H31FN5O4+. The minimum absolute atomic E-state index is 0.00252. The van der Waals surface area contributed by atoms with Crippen LogP contribution < -0.4 is 19.6 Å². The number of rotatable bonds is 7. The molecule has 1 aromatic carbocycles. The SMILES string of the molecule is C[n+]1[nH]c(-c2ccc(OC/C(=C/F)CNC(=O)OC(C)(C)C)cc2)nc1N1CCOCC1. The van der Waals surface area contributed by atoms with Crippen molar-refractivity contribution >= 4 is 12.0 Å². The van der Waals surface area contributed by atoms with Crippen molar-refractivity contribution in [2.24, 2.45) is 7.05 Å². The second kappa shape index (κ2) is 10.4. The van der Waals surface area contributed by atoms with Gasteiger partial charge >= 0.3 is 12.0 Å². The molecule has 1 fully saturated rings. The molecule has 1 aliphatic heterocycles. The molecule has 32 heavy (non-hydrogen) atoms. The van der Waals surface area contributed by atoms with E-state index in [1.54, 1.807) is 32.9 Å². The molecule has 0 bridgehead atoms.